The lowest BCUT2D eigenvalue weighted by Crippen LogP contribution is -2.19. The van der Waals surface area contributed by atoms with E-state index in [1.54, 1.807) is 36.4 Å². The molecule has 0 fully saturated rings. The van der Waals surface area contributed by atoms with E-state index in [-0.39, 0.29) is 11.6 Å². The lowest BCUT2D eigenvalue weighted by molar-refractivity contribution is 0.262. The molecule has 0 saturated heterocycles. The Labute approximate surface area is 132 Å². The molecule has 23 heavy (non-hydrogen) atoms. The van der Waals surface area contributed by atoms with Crippen LogP contribution in [0.25, 0.3) is 11.3 Å². The van der Waals surface area contributed by atoms with Crippen LogP contribution < -0.4 is 16.2 Å². The van der Waals surface area contributed by atoms with Gasteiger partial charge in [0.05, 0.1) is 5.69 Å². The molecule has 0 aliphatic rings. The number of nitrogens with one attached hydrogen (secondary N) is 3. The van der Waals surface area contributed by atoms with E-state index in [0.717, 1.165) is 5.56 Å². The number of aromatic nitrogens is 2. The number of hydrogen-bond donors (Lipinski definition) is 3. The Morgan fingerprint density at radius 2 is 1.61 bits per heavy atom. The first-order valence-electron chi connectivity index (χ1n) is 7.00. The van der Waals surface area contributed by atoms with Gasteiger partial charge in [0.25, 0.3) is 5.56 Å². The van der Waals surface area contributed by atoms with Crippen molar-refractivity contribution in [2.24, 2.45) is 0 Å². The second-order valence-electron chi connectivity index (χ2n) is 4.83. The van der Waals surface area contributed by atoms with Gasteiger partial charge in [-0.25, -0.2) is 9.89 Å². The van der Waals surface area contributed by atoms with Crippen molar-refractivity contribution in [3.63, 3.8) is 0 Å². The Morgan fingerprint density at radius 3 is 2.35 bits per heavy atom. The van der Waals surface area contributed by atoms with Crippen LogP contribution in [0.5, 0.6) is 0 Å². The molecule has 0 aliphatic carbocycles. The average molecular weight is 306 g/mol. The highest BCUT2D eigenvalue weighted by atomic mass is 16.2. The van der Waals surface area contributed by atoms with Crippen LogP contribution >= 0.6 is 0 Å². The van der Waals surface area contributed by atoms with Crippen LogP contribution in [-0.2, 0) is 0 Å². The summed E-state index contributed by atoms with van der Waals surface area (Å²) >= 11 is 0. The molecular weight excluding hydrogens is 292 g/mol. The van der Waals surface area contributed by atoms with Crippen molar-refractivity contribution in [1.29, 1.82) is 0 Å². The average Bonchev–Trinajstić information content (AvgIpc) is 2.56. The first-order chi connectivity index (χ1) is 11.2. The highest BCUT2D eigenvalue weighted by Gasteiger charge is 2.05. The van der Waals surface area contributed by atoms with Crippen LogP contribution in [0.3, 0.4) is 0 Å². The number of urea groups is 1. The van der Waals surface area contributed by atoms with E-state index < -0.39 is 0 Å². The zero-order valence-electron chi connectivity index (χ0n) is 12.1. The van der Waals surface area contributed by atoms with Gasteiger partial charge in [0.1, 0.15) is 0 Å². The molecule has 0 atom stereocenters. The van der Waals surface area contributed by atoms with Crippen molar-refractivity contribution in [3.8, 4) is 11.3 Å². The molecule has 0 aliphatic heterocycles. The molecule has 6 heteroatoms. The number of anilines is 2. The second kappa shape index (κ2) is 6.57. The number of para-hydroxylation sites is 1. The number of benzene rings is 2. The van der Waals surface area contributed by atoms with E-state index in [9.17, 15) is 9.59 Å². The molecule has 6 nitrogen and oxygen atoms in total. The van der Waals surface area contributed by atoms with Gasteiger partial charge in [0.15, 0.2) is 0 Å². The van der Waals surface area contributed by atoms with E-state index in [0.29, 0.717) is 17.1 Å². The normalized spacial score (nSPS) is 10.1. The van der Waals surface area contributed by atoms with Crippen molar-refractivity contribution in [1.82, 2.24) is 10.2 Å². The molecule has 2 amide bonds. The molecule has 3 N–H and O–H groups in total. The summed E-state index contributed by atoms with van der Waals surface area (Å²) in [6, 6.07) is 19.1. The molecule has 0 unspecified atom stereocenters. The lowest BCUT2D eigenvalue weighted by Gasteiger charge is -2.08. The van der Waals surface area contributed by atoms with Gasteiger partial charge in [-0.2, -0.15) is 5.10 Å². The number of H-pyrrole nitrogens is 1. The number of carbonyl (C=O) groups is 1. The van der Waals surface area contributed by atoms with E-state index in [1.807, 2.05) is 24.3 Å². The summed E-state index contributed by atoms with van der Waals surface area (Å²) in [4.78, 5) is 23.0. The molecular formula is C17H14N4O2. The maximum atomic E-state index is 12.0. The van der Waals surface area contributed by atoms with Gasteiger partial charge in [-0.15, -0.1) is 0 Å². The monoisotopic (exact) mass is 306 g/mol. The molecule has 0 radical (unpaired) electrons. The standard InChI is InChI=1S/C17H14N4O2/c22-16-10-9-15(20-21-16)12-5-4-8-14(11-12)19-17(23)18-13-6-2-1-3-7-13/h1-11H,(H,21,22)(H2,18,19,23). The predicted octanol–water partition coefficient (Wildman–Crippen LogP) is 3.08. The maximum Gasteiger partial charge on any atom is 0.323 e. The fraction of sp³-hybridized carbons (Fsp3) is 0. The van der Waals surface area contributed by atoms with Crippen molar-refractivity contribution < 1.29 is 4.79 Å². The number of nitrogens with zero attached hydrogens (tertiary/aromatic N) is 1. The smallest absolute Gasteiger partial charge is 0.308 e. The molecule has 1 heterocycles. The van der Waals surface area contributed by atoms with Gasteiger partial charge < -0.3 is 10.6 Å². The van der Waals surface area contributed by atoms with E-state index in [2.05, 4.69) is 20.8 Å². The van der Waals surface area contributed by atoms with Gasteiger partial charge in [-0.3, -0.25) is 4.79 Å². The first-order valence-corrected chi connectivity index (χ1v) is 7.00. The fourth-order valence-corrected chi connectivity index (χ4v) is 2.08. The maximum absolute atomic E-state index is 12.0. The number of aromatic amines is 1. The van der Waals surface area contributed by atoms with E-state index >= 15 is 0 Å². The third-order valence-electron chi connectivity index (χ3n) is 3.13. The quantitative estimate of drug-likeness (QED) is 0.695. The Bertz CT molecular complexity index is 855. The summed E-state index contributed by atoms with van der Waals surface area (Å²) < 4.78 is 0. The molecule has 0 spiro atoms. The Hall–Kier alpha value is -3.41. The first kappa shape index (κ1) is 14.5. The number of rotatable bonds is 3. The van der Waals surface area contributed by atoms with Crippen molar-refractivity contribution in [2.75, 3.05) is 10.6 Å². The van der Waals surface area contributed by atoms with Gasteiger partial charge in [0.2, 0.25) is 0 Å². The van der Waals surface area contributed by atoms with Crippen molar-refractivity contribution in [3.05, 3.63) is 77.1 Å². The van der Waals surface area contributed by atoms with E-state index in [4.69, 9.17) is 0 Å². The summed E-state index contributed by atoms with van der Waals surface area (Å²) in [5.74, 6) is 0. The topological polar surface area (TPSA) is 86.9 Å². The minimum atomic E-state index is -0.331. The third kappa shape index (κ3) is 3.82. The lowest BCUT2D eigenvalue weighted by atomic mass is 10.1. The van der Waals surface area contributed by atoms with E-state index in [1.165, 1.54) is 6.07 Å². The largest absolute Gasteiger partial charge is 0.323 e. The SMILES string of the molecule is O=C(Nc1ccccc1)Nc1cccc(-c2ccc(=O)[nH]n2)c1. The molecule has 0 saturated carbocycles. The molecule has 3 aromatic rings. The van der Waals surface area contributed by atoms with Crippen LogP contribution in [-0.4, -0.2) is 16.2 Å². The zero-order chi connectivity index (χ0) is 16.1. The minimum absolute atomic E-state index is 0.259. The molecule has 0 bridgehead atoms. The van der Waals surface area contributed by atoms with Gasteiger partial charge in [-0.05, 0) is 30.3 Å². The second-order valence-corrected chi connectivity index (χ2v) is 4.83. The number of carbonyl (C=O) groups excluding carboxylic acids is 1. The summed E-state index contributed by atoms with van der Waals surface area (Å²) in [6.45, 7) is 0. The van der Waals surface area contributed by atoms with Crippen LogP contribution in [0, 0.1) is 0 Å². The molecule has 1 aromatic heterocycles. The summed E-state index contributed by atoms with van der Waals surface area (Å²) in [7, 11) is 0. The Balaban J connectivity index is 1.73. The number of hydrogen-bond acceptors (Lipinski definition) is 3. The zero-order valence-corrected chi connectivity index (χ0v) is 12.1. The van der Waals surface area contributed by atoms with Crippen molar-refractivity contribution >= 4 is 17.4 Å². The number of amides is 2. The van der Waals surface area contributed by atoms with Crippen LogP contribution in [0.2, 0.25) is 0 Å². The van der Waals surface area contributed by atoms with Crippen molar-refractivity contribution in [2.45, 2.75) is 0 Å². The summed E-state index contributed by atoms with van der Waals surface area (Å²) in [5, 5.41) is 11.9. The van der Waals surface area contributed by atoms with Crippen LogP contribution in [0.1, 0.15) is 0 Å². The third-order valence-corrected chi connectivity index (χ3v) is 3.13. The summed E-state index contributed by atoms with van der Waals surface area (Å²) in [6.07, 6.45) is 0. The predicted molar refractivity (Wildman–Crippen MR) is 89.4 cm³/mol. The molecule has 114 valence electrons. The Morgan fingerprint density at radius 1 is 0.870 bits per heavy atom. The van der Waals surface area contributed by atoms with Gasteiger partial charge in [-0.1, -0.05) is 30.3 Å². The summed E-state index contributed by atoms with van der Waals surface area (Å²) in [5.41, 5.74) is 2.49. The highest BCUT2D eigenvalue weighted by molar-refractivity contribution is 6.00. The van der Waals surface area contributed by atoms with Gasteiger partial charge >= 0.3 is 6.03 Å². The highest BCUT2D eigenvalue weighted by Crippen LogP contribution is 2.19. The van der Waals surface area contributed by atoms with Gasteiger partial charge in [0, 0.05) is 23.0 Å². The Kier molecular flexibility index (Phi) is 4.15. The fourth-order valence-electron chi connectivity index (χ4n) is 2.08. The van der Waals surface area contributed by atoms with Crippen LogP contribution in [0.4, 0.5) is 16.2 Å². The molecule has 2 aromatic carbocycles. The molecule has 3 rings (SSSR count). The van der Waals surface area contributed by atoms with Crippen LogP contribution in [0.15, 0.2) is 71.5 Å². The minimum Gasteiger partial charge on any atom is -0.308 e.